The van der Waals surface area contributed by atoms with Crippen LogP contribution in [0.2, 0.25) is 0 Å². The summed E-state index contributed by atoms with van der Waals surface area (Å²) in [6.07, 6.45) is 0.333. The van der Waals surface area contributed by atoms with Crippen LogP contribution in [0.25, 0.3) is 0 Å². The Balaban J connectivity index is 2.40. The first kappa shape index (κ1) is 7.00. The quantitative estimate of drug-likeness (QED) is 0.707. The Kier molecular flexibility index (Phi) is 1.96. The van der Waals surface area contributed by atoms with Crippen LogP contribution in [0.3, 0.4) is 0 Å². The molecule has 0 bridgehead atoms. The van der Waals surface area contributed by atoms with Crippen LogP contribution >= 0.6 is 0 Å². The van der Waals surface area contributed by atoms with Crippen molar-refractivity contribution in [3.8, 4) is 0 Å². The monoisotopic (exact) mass is 229 g/mol. The third-order valence-electron chi connectivity index (χ3n) is 2.75. The fourth-order valence-electron chi connectivity index (χ4n) is 1.69. The summed E-state index contributed by atoms with van der Waals surface area (Å²) in [6.45, 7) is 6.41. The van der Waals surface area contributed by atoms with Gasteiger partial charge in [0.2, 0.25) is 0 Å². The lowest BCUT2D eigenvalue weighted by molar-refractivity contribution is 0.590. The lowest BCUT2D eigenvalue weighted by Gasteiger charge is -2.19. The van der Waals surface area contributed by atoms with Crippen LogP contribution in [-0.4, -0.2) is 0 Å². The molecule has 88 valence electrons. The smallest absolute Gasteiger partial charge is 0.0622 e. The predicted octanol–water partition coefficient (Wildman–Crippen LogP) is 4.57. The fourth-order valence-corrected chi connectivity index (χ4v) is 1.69. The standard InChI is InChI=1S/C17H20/c1-17(2,3)16-11-9-15(10-12-16)13-14-7-5-4-6-8-14/h4-12H,13H2,1-3H3/i4D,5D,6D,7D,8D. The van der Waals surface area contributed by atoms with E-state index >= 15 is 0 Å². The molecule has 0 aliphatic rings. The van der Waals surface area contributed by atoms with Gasteiger partial charge < -0.3 is 0 Å². The molecule has 0 spiro atoms. The molecule has 0 aliphatic carbocycles. The van der Waals surface area contributed by atoms with Gasteiger partial charge in [-0.1, -0.05) is 75.2 Å². The lowest BCUT2D eigenvalue weighted by Crippen LogP contribution is -2.10. The van der Waals surface area contributed by atoms with E-state index in [0.29, 0.717) is 12.0 Å². The van der Waals surface area contributed by atoms with Gasteiger partial charge in [0, 0.05) is 0 Å². The van der Waals surface area contributed by atoms with E-state index in [1.54, 1.807) is 0 Å². The SMILES string of the molecule is [2H]c1c([2H])c([2H])c(Cc2ccc(C(C)(C)C)cc2)c([2H])c1[2H]. The molecule has 0 saturated carbocycles. The van der Waals surface area contributed by atoms with E-state index in [0.717, 1.165) is 5.56 Å². The molecule has 0 heteroatoms. The molecule has 17 heavy (non-hydrogen) atoms. The Bertz CT molecular complexity index is 667. The van der Waals surface area contributed by atoms with Crippen molar-refractivity contribution in [3.05, 3.63) is 71.2 Å². The van der Waals surface area contributed by atoms with Crippen LogP contribution in [0.5, 0.6) is 0 Å². The summed E-state index contributed by atoms with van der Waals surface area (Å²) < 4.78 is 38.9. The molecule has 0 atom stereocenters. The van der Waals surface area contributed by atoms with Crippen LogP contribution in [0, 0.1) is 0 Å². The minimum atomic E-state index is -0.346. The van der Waals surface area contributed by atoms with E-state index in [-0.39, 0.29) is 35.6 Å². The van der Waals surface area contributed by atoms with Crippen molar-refractivity contribution < 1.29 is 6.85 Å². The average Bonchev–Trinajstić information content (AvgIpc) is 2.47. The summed E-state index contributed by atoms with van der Waals surface area (Å²) in [6, 6.07) is 6.85. The number of rotatable bonds is 2. The first-order valence-corrected chi connectivity index (χ1v) is 5.78. The summed E-state index contributed by atoms with van der Waals surface area (Å²) in [7, 11) is 0. The van der Waals surface area contributed by atoms with Crippen LogP contribution in [0.15, 0.2) is 54.5 Å². The van der Waals surface area contributed by atoms with E-state index in [1.165, 1.54) is 5.56 Å². The van der Waals surface area contributed by atoms with Gasteiger partial charge in [-0.15, -0.1) is 0 Å². The molecular formula is C17H20. The third-order valence-corrected chi connectivity index (χ3v) is 2.75. The van der Waals surface area contributed by atoms with E-state index in [1.807, 2.05) is 24.3 Å². The van der Waals surface area contributed by atoms with Gasteiger partial charge in [-0.2, -0.15) is 0 Å². The van der Waals surface area contributed by atoms with Crippen LogP contribution in [0.4, 0.5) is 0 Å². The molecule has 0 unspecified atom stereocenters. The molecule has 0 nitrogen and oxygen atoms in total. The minimum absolute atomic E-state index is 0.0647. The van der Waals surface area contributed by atoms with Gasteiger partial charge in [0.15, 0.2) is 0 Å². The molecule has 2 rings (SSSR count). The molecule has 0 aromatic heterocycles. The molecule has 0 radical (unpaired) electrons. The van der Waals surface area contributed by atoms with Crippen LogP contribution in [-0.2, 0) is 11.8 Å². The van der Waals surface area contributed by atoms with Crippen LogP contribution < -0.4 is 0 Å². The van der Waals surface area contributed by atoms with Gasteiger partial charge in [-0.3, -0.25) is 0 Å². The van der Waals surface area contributed by atoms with Gasteiger partial charge in [0.1, 0.15) is 0 Å². The highest BCUT2D eigenvalue weighted by Gasteiger charge is 2.12. The topological polar surface area (TPSA) is 0 Å². The molecular weight excluding hydrogens is 204 g/mol. The Morgan fingerprint density at radius 3 is 2.00 bits per heavy atom. The molecule has 0 fully saturated rings. The number of hydrogen-bond acceptors (Lipinski definition) is 0. The van der Waals surface area contributed by atoms with Gasteiger partial charge in [0.25, 0.3) is 0 Å². The zero-order valence-corrected chi connectivity index (χ0v) is 10.5. The van der Waals surface area contributed by atoms with Gasteiger partial charge in [-0.25, -0.2) is 0 Å². The van der Waals surface area contributed by atoms with E-state index in [4.69, 9.17) is 6.85 Å². The zero-order chi connectivity index (χ0) is 16.7. The van der Waals surface area contributed by atoms with Gasteiger partial charge in [0.05, 0.1) is 6.85 Å². The Labute approximate surface area is 111 Å². The number of hydrogen-bond donors (Lipinski definition) is 0. The number of benzene rings is 2. The largest absolute Gasteiger partial charge is 0.0626 e. The lowest BCUT2D eigenvalue weighted by atomic mass is 9.86. The highest BCUT2D eigenvalue weighted by molar-refractivity contribution is 5.31. The molecule has 0 heterocycles. The summed E-state index contributed by atoms with van der Waals surface area (Å²) in [5, 5.41) is 0. The van der Waals surface area contributed by atoms with Gasteiger partial charge in [-0.05, 0) is 28.5 Å². The summed E-state index contributed by atoms with van der Waals surface area (Å²) in [5.74, 6) is 0. The maximum atomic E-state index is 7.95. The summed E-state index contributed by atoms with van der Waals surface area (Å²) >= 11 is 0. The molecule has 2 aromatic rings. The van der Waals surface area contributed by atoms with Crippen molar-refractivity contribution in [2.75, 3.05) is 0 Å². The highest BCUT2D eigenvalue weighted by atomic mass is 14.2. The second-order valence-corrected chi connectivity index (χ2v) is 5.23. The molecule has 0 aliphatic heterocycles. The molecule has 0 saturated heterocycles. The first-order valence-electron chi connectivity index (χ1n) is 8.28. The second-order valence-electron chi connectivity index (χ2n) is 5.23. The average molecular weight is 229 g/mol. The predicted molar refractivity (Wildman–Crippen MR) is 74.4 cm³/mol. The zero-order valence-electron chi connectivity index (χ0n) is 15.5. The van der Waals surface area contributed by atoms with E-state index in [9.17, 15) is 0 Å². The second kappa shape index (κ2) is 4.75. The fraction of sp³-hybridized carbons (Fsp3) is 0.294. The van der Waals surface area contributed by atoms with Crippen molar-refractivity contribution in [3.63, 3.8) is 0 Å². The Hall–Kier alpha value is -1.56. The minimum Gasteiger partial charge on any atom is -0.0622 e. The molecule has 0 amide bonds. The van der Waals surface area contributed by atoms with E-state index < -0.39 is 0 Å². The van der Waals surface area contributed by atoms with E-state index in [2.05, 4.69) is 20.8 Å². The van der Waals surface area contributed by atoms with Gasteiger partial charge >= 0.3 is 0 Å². The highest BCUT2D eigenvalue weighted by Crippen LogP contribution is 2.22. The third kappa shape index (κ3) is 3.20. The van der Waals surface area contributed by atoms with Crippen molar-refractivity contribution in [2.45, 2.75) is 32.6 Å². The molecule has 0 N–H and O–H groups in total. The Morgan fingerprint density at radius 1 is 0.882 bits per heavy atom. The maximum Gasteiger partial charge on any atom is 0.0626 e. The summed E-state index contributed by atoms with van der Waals surface area (Å²) in [4.78, 5) is 0. The maximum absolute atomic E-state index is 7.95. The molecule has 2 aromatic carbocycles. The normalized spacial score (nSPS) is 15.6. The Morgan fingerprint density at radius 2 is 1.47 bits per heavy atom. The summed E-state index contributed by atoms with van der Waals surface area (Å²) in [5.41, 5.74) is 2.55. The van der Waals surface area contributed by atoms with Crippen LogP contribution in [0.1, 0.15) is 44.3 Å². The van der Waals surface area contributed by atoms with Crippen molar-refractivity contribution in [1.82, 2.24) is 0 Å². The van der Waals surface area contributed by atoms with Crippen molar-refractivity contribution in [1.29, 1.82) is 0 Å². The van der Waals surface area contributed by atoms with Crippen molar-refractivity contribution >= 4 is 0 Å². The first-order chi connectivity index (χ1) is 10.1. The van der Waals surface area contributed by atoms with Crippen molar-refractivity contribution in [2.24, 2.45) is 0 Å².